The van der Waals surface area contributed by atoms with Gasteiger partial charge in [-0.15, -0.1) is 0 Å². The van der Waals surface area contributed by atoms with E-state index in [2.05, 4.69) is 17.2 Å². The molecule has 2 heterocycles. The number of carbonyl (C=O) groups excluding carboxylic acids is 2. The maximum atomic E-state index is 12.8. The lowest BCUT2D eigenvalue weighted by Gasteiger charge is -2.22. The van der Waals surface area contributed by atoms with E-state index in [0.29, 0.717) is 31.9 Å². The molecule has 1 N–H and O–H groups in total. The third kappa shape index (κ3) is 4.64. The summed E-state index contributed by atoms with van der Waals surface area (Å²) in [6.07, 6.45) is 3.32. The van der Waals surface area contributed by atoms with Gasteiger partial charge in [0.05, 0.1) is 0 Å². The fourth-order valence-corrected chi connectivity index (χ4v) is 3.25. The van der Waals surface area contributed by atoms with E-state index in [0.717, 1.165) is 24.1 Å². The Morgan fingerprint density at radius 2 is 1.85 bits per heavy atom. The molecular formula is C21H26N4O2. The van der Waals surface area contributed by atoms with E-state index in [1.807, 2.05) is 43.3 Å². The van der Waals surface area contributed by atoms with Crippen LogP contribution in [0.3, 0.4) is 0 Å². The lowest BCUT2D eigenvalue weighted by atomic mass is 10.1. The highest BCUT2D eigenvalue weighted by atomic mass is 16.2. The molecule has 0 aliphatic carbocycles. The molecule has 142 valence electrons. The second-order valence-electron chi connectivity index (χ2n) is 6.79. The van der Waals surface area contributed by atoms with Crippen molar-refractivity contribution in [2.45, 2.75) is 26.7 Å². The minimum atomic E-state index is -0.119. The highest BCUT2D eigenvalue weighted by Gasteiger charge is 2.24. The number of urea groups is 1. The first-order chi connectivity index (χ1) is 13.1. The van der Waals surface area contributed by atoms with Crippen LogP contribution in [0.5, 0.6) is 0 Å². The summed E-state index contributed by atoms with van der Waals surface area (Å²) in [7, 11) is 0. The van der Waals surface area contributed by atoms with Gasteiger partial charge in [0.15, 0.2) is 0 Å². The zero-order valence-electron chi connectivity index (χ0n) is 15.9. The van der Waals surface area contributed by atoms with Crippen LogP contribution in [0.25, 0.3) is 0 Å². The van der Waals surface area contributed by atoms with E-state index < -0.39 is 0 Å². The van der Waals surface area contributed by atoms with Gasteiger partial charge in [-0.3, -0.25) is 9.78 Å². The third-order valence-corrected chi connectivity index (χ3v) is 4.87. The van der Waals surface area contributed by atoms with Crippen molar-refractivity contribution in [3.05, 3.63) is 59.4 Å². The average molecular weight is 366 g/mol. The Morgan fingerprint density at radius 3 is 2.63 bits per heavy atom. The number of carbonyl (C=O) groups is 2. The van der Waals surface area contributed by atoms with Gasteiger partial charge in [0.1, 0.15) is 5.69 Å². The summed E-state index contributed by atoms with van der Waals surface area (Å²) >= 11 is 0. The second kappa shape index (κ2) is 8.66. The van der Waals surface area contributed by atoms with Crippen LogP contribution in [0, 0.1) is 6.92 Å². The van der Waals surface area contributed by atoms with Gasteiger partial charge >= 0.3 is 6.03 Å². The highest BCUT2D eigenvalue weighted by molar-refractivity contribution is 5.94. The van der Waals surface area contributed by atoms with Gasteiger partial charge in [0.25, 0.3) is 5.91 Å². The fourth-order valence-electron chi connectivity index (χ4n) is 3.25. The molecular weight excluding hydrogens is 340 g/mol. The van der Waals surface area contributed by atoms with Gasteiger partial charge in [-0.05, 0) is 49.1 Å². The monoisotopic (exact) mass is 366 g/mol. The molecule has 3 amide bonds. The molecule has 0 bridgehead atoms. The summed E-state index contributed by atoms with van der Waals surface area (Å²) in [5, 5.41) is 2.97. The Kier molecular flexibility index (Phi) is 6.06. The minimum absolute atomic E-state index is 0.0639. The van der Waals surface area contributed by atoms with Crippen LogP contribution < -0.4 is 5.32 Å². The molecule has 3 rings (SSSR count). The quantitative estimate of drug-likeness (QED) is 0.906. The van der Waals surface area contributed by atoms with E-state index in [1.165, 1.54) is 5.56 Å². The van der Waals surface area contributed by atoms with Crippen LogP contribution in [0.15, 0.2) is 42.6 Å². The smallest absolute Gasteiger partial charge is 0.321 e. The molecule has 0 spiro atoms. The number of nitrogens with one attached hydrogen (secondary N) is 1. The van der Waals surface area contributed by atoms with E-state index in [-0.39, 0.29) is 11.9 Å². The van der Waals surface area contributed by atoms with Crippen molar-refractivity contribution in [2.75, 3.05) is 31.5 Å². The topological polar surface area (TPSA) is 65.5 Å². The zero-order chi connectivity index (χ0) is 19.2. The van der Waals surface area contributed by atoms with Gasteiger partial charge in [-0.2, -0.15) is 0 Å². The third-order valence-electron chi connectivity index (χ3n) is 4.87. The summed E-state index contributed by atoms with van der Waals surface area (Å²) in [5.74, 6) is -0.0639. The Bertz CT molecular complexity index is 821. The van der Waals surface area contributed by atoms with Crippen molar-refractivity contribution in [3.8, 4) is 0 Å². The molecule has 6 nitrogen and oxygen atoms in total. The standard InChI is InChI=1S/C21H26N4O2/c1-3-17-8-4-9-18(15-17)23-21(27)25-12-6-11-24(13-14-25)20(26)19-16(2)7-5-10-22-19/h4-5,7-10,15H,3,6,11-14H2,1-2H3,(H,23,27). The first kappa shape index (κ1) is 18.9. The fraction of sp³-hybridized carbons (Fsp3) is 0.381. The van der Waals surface area contributed by atoms with Crippen molar-refractivity contribution < 1.29 is 9.59 Å². The van der Waals surface area contributed by atoms with Crippen molar-refractivity contribution in [1.82, 2.24) is 14.8 Å². The summed E-state index contributed by atoms with van der Waals surface area (Å²) in [6.45, 7) is 6.26. The normalized spacial score (nSPS) is 14.6. The Balaban J connectivity index is 1.61. The number of aryl methyl sites for hydroxylation is 2. The number of benzene rings is 1. The Morgan fingerprint density at radius 1 is 1.07 bits per heavy atom. The number of pyridine rings is 1. The number of hydrogen-bond acceptors (Lipinski definition) is 3. The van der Waals surface area contributed by atoms with Crippen LogP contribution in [-0.2, 0) is 6.42 Å². The van der Waals surface area contributed by atoms with Crippen LogP contribution >= 0.6 is 0 Å². The SMILES string of the molecule is CCc1cccc(NC(=O)N2CCCN(C(=O)c3ncccc3C)CC2)c1. The minimum Gasteiger partial charge on any atom is -0.335 e. The molecule has 0 radical (unpaired) electrons. The molecule has 1 aromatic carbocycles. The Labute approximate surface area is 160 Å². The number of amides is 3. The van der Waals surface area contributed by atoms with E-state index in [1.54, 1.807) is 16.0 Å². The lowest BCUT2D eigenvalue weighted by Crippen LogP contribution is -2.39. The Hall–Kier alpha value is -2.89. The largest absolute Gasteiger partial charge is 0.335 e. The van der Waals surface area contributed by atoms with Gasteiger partial charge in [0, 0.05) is 38.1 Å². The van der Waals surface area contributed by atoms with E-state index in [9.17, 15) is 9.59 Å². The van der Waals surface area contributed by atoms with Crippen LogP contribution in [0.2, 0.25) is 0 Å². The number of aromatic nitrogens is 1. The van der Waals surface area contributed by atoms with Gasteiger partial charge < -0.3 is 15.1 Å². The summed E-state index contributed by atoms with van der Waals surface area (Å²) in [4.78, 5) is 33.2. The van der Waals surface area contributed by atoms with Gasteiger partial charge in [-0.25, -0.2) is 4.79 Å². The zero-order valence-corrected chi connectivity index (χ0v) is 15.9. The van der Waals surface area contributed by atoms with Crippen molar-refractivity contribution >= 4 is 17.6 Å². The predicted molar refractivity (Wildman–Crippen MR) is 106 cm³/mol. The molecule has 6 heteroatoms. The number of anilines is 1. The predicted octanol–water partition coefficient (Wildman–Crippen LogP) is 3.33. The van der Waals surface area contributed by atoms with Crippen LogP contribution in [0.1, 0.15) is 35.0 Å². The molecule has 1 saturated heterocycles. The molecule has 0 unspecified atom stereocenters. The maximum absolute atomic E-state index is 12.8. The number of hydrogen-bond donors (Lipinski definition) is 1. The van der Waals surface area contributed by atoms with Crippen molar-refractivity contribution in [2.24, 2.45) is 0 Å². The molecule has 1 aromatic heterocycles. The molecule has 0 atom stereocenters. The van der Waals surface area contributed by atoms with Crippen molar-refractivity contribution in [1.29, 1.82) is 0 Å². The highest BCUT2D eigenvalue weighted by Crippen LogP contribution is 2.14. The van der Waals surface area contributed by atoms with E-state index in [4.69, 9.17) is 0 Å². The summed E-state index contributed by atoms with van der Waals surface area (Å²) < 4.78 is 0. The number of nitrogens with zero attached hydrogens (tertiary/aromatic N) is 3. The van der Waals surface area contributed by atoms with E-state index >= 15 is 0 Å². The second-order valence-corrected chi connectivity index (χ2v) is 6.79. The molecule has 1 aliphatic rings. The molecule has 27 heavy (non-hydrogen) atoms. The maximum Gasteiger partial charge on any atom is 0.321 e. The average Bonchev–Trinajstić information content (AvgIpc) is 2.94. The summed E-state index contributed by atoms with van der Waals surface area (Å²) in [5.41, 5.74) is 3.36. The molecule has 1 aliphatic heterocycles. The summed E-state index contributed by atoms with van der Waals surface area (Å²) in [6, 6.07) is 11.5. The van der Waals surface area contributed by atoms with Gasteiger partial charge in [-0.1, -0.05) is 25.1 Å². The molecule has 0 saturated carbocycles. The van der Waals surface area contributed by atoms with Crippen LogP contribution in [0.4, 0.5) is 10.5 Å². The molecule has 1 fully saturated rings. The first-order valence-electron chi connectivity index (χ1n) is 9.44. The number of rotatable bonds is 3. The van der Waals surface area contributed by atoms with Gasteiger partial charge in [0.2, 0.25) is 0 Å². The first-order valence-corrected chi connectivity index (χ1v) is 9.44. The lowest BCUT2D eigenvalue weighted by molar-refractivity contribution is 0.0756. The van der Waals surface area contributed by atoms with Crippen LogP contribution in [-0.4, -0.2) is 52.9 Å². The van der Waals surface area contributed by atoms with Crippen molar-refractivity contribution in [3.63, 3.8) is 0 Å². The molecule has 2 aromatic rings.